The summed E-state index contributed by atoms with van der Waals surface area (Å²) in [4.78, 5) is 10.5. The zero-order valence-corrected chi connectivity index (χ0v) is 5.03. The standard InChI is InChI=1S/C6H6N2O/c1-5-3-4-8(7-5)6(2)9/h1,3-4H,2H3. The first-order valence-corrected chi connectivity index (χ1v) is 2.52. The minimum absolute atomic E-state index is 0.133. The van der Waals surface area contributed by atoms with Crippen LogP contribution in [0.2, 0.25) is 0 Å². The van der Waals surface area contributed by atoms with Crippen molar-refractivity contribution < 1.29 is 4.79 Å². The van der Waals surface area contributed by atoms with Crippen LogP contribution in [-0.4, -0.2) is 15.7 Å². The van der Waals surface area contributed by atoms with Crippen LogP contribution < -0.4 is 0 Å². The van der Waals surface area contributed by atoms with Gasteiger partial charge in [0.1, 0.15) is 0 Å². The van der Waals surface area contributed by atoms with E-state index < -0.39 is 0 Å². The zero-order valence-electron chi connectivity index (χ0n) is 5.03. The Labute approximate surface area is 53.3 Å². The number of rotatable bonds is 0. The average Bonchev–Trinajstić information content (AvgIpc) is 2.14. The SMILES string of the molecule is [CH]c1ccn(C(C)=O)n1. The summed E-state index contributed by atoms with van der Waals surface area (Å²) in [5.41, 5.74) is 0.366. The highest BCUT2D eigenvalue weighted by Gasteiger charge is 1.95. The fourth-order valence-corrected chi connectivity index (χ4v) is 0.513. The molecule has 3 nitrogen and oxygen atoms in total. The largest absolute Gasteiger partial charge is 0.273 e. The molecule has 1 aromatic rings. The predicted molar refractivity (Wildman–Crippen MR) is 31.9 cm³/mol. The number of carbonyl (C=O) groups excluding carboxylic acids is 1. The van der Waals surface area contributed by atoms with Gasteiger partial charge < -0.3 is 0 Å². The number of hydrogen-bond acceptors (Lipinski definition) is 2. The summed E-state index contributed by atoms with van der Waals surface area (Å²) in [5.74, 6) is -0.133. The van der Waals surface area contributed by atoms with Crippen molar-refractivity contribution in [1.82, 2.24) is 9.78 Å². The van der Waals surface area contributed by atoms with Gasteiger partial charge >= 0.3 is 0 Å². The van der Waals surface area contributed by atoms with Gasteiger partial charge in [-0.05, 0) is 6.07 Å². The maximum absolute atomic E-state index is 10.5. The van der Waals surface area contributed by atoms with Gasteiger partial charge in [-0.15, -0.1) is 0 Å². The van der Waals surface area contributed by atoms with E-state index in [1.165, 1.54) is 17.8 Å². The highest BCUT2D eigenvalue weighted by Crippen LogP contribution is 1.90. The summed E-state index contributed by atoms with van der Waals surface area (Å²) < 4.78 is 1.19. The molecule has 0 bridgehead atoms. The van der Waals surface area contributed by atoms with Crippen molar-refractivity contribution in [1.29, 1.82) is 0 Å². The van der Waals surface area contributed by atoms with Gasteiger partial charge in [0, 0.05) is 20.0 Å². The molecule has 0 aromatic carbocycles. The fraction of sp³-hybridized carbons (Fsp3) is 0.167. The number of nitrogens with zero attached hydrogens (tertiary/aromatic N) is 2. The van der Waals surface area contributed by atoms with Gasteiger partial charge in [-0.2, -0.15) is 5.10 Å². The van der Waals surface area contributed by atoms with E-state index in [0.29, 0.717) is 5.69 Å². The Bertz CT molecular complexity index is 227. The maximum Gasteiger partial charge on any atom is 0.243 e. The number of carbonyl (C=O) groups is 1. The molecule has 0 unspecified atom stereocenters. The Kier molecular flexibility index (Phi) is 1.34. The predicted octanol–water partition coefficient (Wildman–Crippen LogP) is 0.602. The van der Waals surface area contributed by atoms with E-state index in [2.05, 4.69) is 5.10 Å². The molecule has 0 spiro atoms. The first kappa shape index (κ1) is 6.01. The summed E-state index contributed by atoms with van der Waals surface area (Å²) in [6, 6.07) is 1.57. The van der Waals surface area contributed by atoms with E-state index in [0.717, 1.165) is 0 Å². The van der Waals surface area contributed by atoms with Gasteiger partial charge in [0.2, 0.25) is 5.91 Å². The smallest absolute Gasteiger partial charge is 0.243 e. The fourth-order valence-electron chi connectivity index (χ4n) is 0.513. The molecule has 9 heavy (non-hydrogen) atoms. The molecule has 1 rings (SSSR count). The van der Waals surface area contributed by atoms with E-state index in [9.17, 15) is 4.79 Å². The first-order valence-electron chi connectivity index (χ1n) is 2.52. The molecular formula is C6H6N2O. The van der Waals surface area contributed by atoms with Crippen LogP contribution in [-0.2, 0) is 0 Å². The van der Waals surface area contributed by atoms with E-state index in [1.54, 1.807) is 6.07 Å². The normalized spacial score (nSPS) is 9.56. The van der Waals surface area contributed by atoms with Crippen LogP contribution in [0.15, 0.2) is 12.3 Å². The highest BCUT2D eigenvalue weighted by atomic mass is 16.2. The molecule has 1 heterocycles. The minimum Gasteiger partial charge on any atom is -0.273 e. The van der Waals surface area contributed by atoms with Crippen molar-refractivity contribution in [2.45, 2.75) is 6.92 Å². The second-order valence-electron chi connectivity index (χ2n) is 1.70. The monoisotopic (exact) mass is 122 g/mol. The van der Waals surface area contributed by atoms with Crippen LogP contribution in [0.4, 0.5) is 0 Å². The molecular weight excluding hydrogens is 116 g/mol. The van der Waals surface area contributed by atoms with Gasteiger partial charge in [0.15, 0.2) is 0 Å². The van der Waals surface area contributed by atoms with Crippen molar-refractivity contribution in [2.75, 3.05) is 0 Å². The van der Waals surface area contributed by atoms with Crippen LogP contribution >= 0.6 is 0 Å². The maximum atomic E-state index is 10.5. The molecule has 1 aromatic heterocycles. The van der Waals surface area contributed by atoms with Gasteiger partial charge in [-0.1, -0.05) is 0 Å². The lowest BCUT2D eigenvalue weighted by atomic mass is 10.5. The summed E-state index contributed by atoms with van der Waals surface area (Å²) in [6.45, 7) is 6.66. The highest BCUT2D eigenvalue weighted by molar-refractivity contribution is 5.74. The van der Waals surface area contributed by atoms with Crippen molar-refractivity contribution >= 4 is 5.91 Å². The Morgan fingerprint density at radius 2 is 2.56 bits per heavy atom. The number of hydrogen-bond donors (Lipinski definition) is 0. The second kappa shape index (κ2) is 2.01. The van der Waals surface area contributed by atoms with Gasteiger partial charge in [-0.25, -0.2) is 4.68 Å². The molecule has 0 aliphatic heterocycles. The summed E-state index contributed by atoms with van der Waals surface area (Å²) in [7, 11) is 0. The second-order valence-corrected chi connectivity index (χ2v) is 1.70. The zero-order chi connectivity index (χ0) is 6.85. The first-order chi connectivity index (χ1) is 4.20. The molecule has 0 aliphatic rings. The van der Waals surface area contributed by atoms with Crippen LogP contribution in [0.5, 0.6) is 0 Å². The third-order valence-electron chi connectivity index (χ3n) is 0.932. The van der Waals surface area contributed by atoms with Crippen LogP contribution in [0, 0.1) is 6.92 Å². The van der Waals surface area contributed by atoms with Gasteiger partial charge in [0.25, 0.3) is 0 Å². The lowest BCUT2D eigenvalue weighted by Crippen LogP contribution is -2.05. The Morgan fingerprint density at radius 3 is 2.78 bits per heavy atom. The van der Waals surface area contributed by atoms with E-state index in [-0.39, 0.29) is 5.91 Å². The summed E-state index contributed by atoms with van der Waals surface area (Å²) >= 11 is 0. The number of aromatic nitrogens is 2. The Hall–Kier alpha value is -1.12. The summed E-state index contributed by atoms with van der Waals surface area (Å²) in [5, 5.41) is 3.66. The Morgan fingerprint density at radius 1 is 1.89 bits per heavy atom. The molecule has 3 heteroatoms. The molecule has 0 saturated carbocycles. The molecule has 0 aliphatic carbocycles. The van der Waals surface area contributed by atoms with Crippen LogP contribution in [0.1, 0.15) is 17.4 Å². The lowest BCUT2D eigenvalue weighted by Gasteiger charge is -1.88. The quantitative estimate of drug-likeness (QED) is 0.505. The minimum atomic E-state index is -0.133. The molecule has 0 fully saturated rings. The molecule has 0 saturated heterocycles. The van der Waals surface area contributed by atoms with Crippen LogP contribution in [0.3, 0.4) is 0 Å². The van der Waals surface area contributed by atoms with E-state index >= 15 is 0 Å². The molecule has 0 amide bonds. The van der Waals surface area contributed by atoms with Gasteiger partial charge in [0.05, 0.1) is 5.69 Å². The van der Waals surface area contributed by atoms with Gasteiger partial charge in [-0.3, -0.25) is 4.79 Å². The average molecular weight is 122 g/mol. The van der Waals surface area contributed by atoms with Crippen molar-refractivity contribution in [3.8, 4) is 0 Å². The van der Waals surface area contributed by atoms with Crippen molar-refractivity contribution in [2.24, 2.45) is 0 Å². The van der Waals surface area contributed by atoms with E-state index in [4.69, 9.17) is 6.92 Å². The van der Waals surface area contributed by atoms with E-state index in [1.807, 2.05) is 0 Å². The topological polar surface area (TPSA) is 34.9 Å². The van der Waals surface area contributed by atoms with Crippen molar-refractivity contribution in [3.63, 3.8) is 0 Å². The molecule has 46 valence electrons. The Balaban J connectivity index is 2.98. The van der Waals surface area contributed by atoms with Crippen molar-refractivity contribution in [3.05, 3.63) is 24.9 Å². The van der Waals surface area contributed by atoms with Crippen LogP contribution in [0.25, 0.3) is 0 Å². The summed E-state index contributed by atoms with van der Waals surface area (Å²) in [6.07, 6.45) is 1.53. The molecule has 0 atom stereocenters. The third-order valence-corrected chi connectivity index (χ3v) is 0.932. The molecule has 0 N–H and O–H groups in total. The molecule has 2 radical (unpaired) electrons. The lowest BCUT2D eigenvalue weighted by molar-refractivity contribution is 0.0921. The third kappa shape index (κ3) is 1.16.